The summed E-state index contributed by atoms with van der Waals surface area (Å²) in [7, 11) is 0. The molecule has 0 saturated carbocycles. The third-order valence-corrected chi connectivity index (χ3v) is 4.02. The zero-order chi connectivity index (χ0) is 17.6. The summed E-state index contributed by atoms with van der Waals surface area (Å²) >= 11 is 5.98. The van der Waals surface area contributed by atoms with Crippen molar-refractivity contribution in [3.8, 4) is 0 Å². The molecule has 1 amide bonds. The number of carbonyl (C=O) groups excluding carboxylic acids is 1. The van der Waals surface area contributed by atoms with Crippen LogP contribution in [0.4, 0.5) is 4.79 Å². The van der Waals surface area contributed by atoms with Crippen molar-refractivity contribution in [2.24, 2.45) is 0 Å². The highest BCUT2D eigenvalue weighted by Gasteiger charge is 2.21. The Morgan fingerprint density at radius 2 is 1.87 bits per heavy atom. The van der Waals surface area contributed by atoms with Gasteiger partial charge in [0, 0.05) is 18.1 Å². The molecule has 1 aromatic carbocycles. The molecule has 128 valence electrons. The molecule has 1 N–H and O–H groups in total. The van der Waals surface area contributed by atoms with E-state index in [0.29, 0.717) is 30.1 Å². The van der Waals surface area contributed by atoms with Crippen LogP contribution in [0.2, 0.25) is 5.02 Å². The summed E-state index contributed by atoms with van der Waals surface area (Å²) in [6, 6.07) is 4.72. The number of aromatic carboxylic acids is 1. The summed E-state index contributed by atoms with van der Waals surface area (Å²) < 4.78 is 5.42. The molecule has 0 saturated heterocycles. The first-order valence-electron chi connectivity index (χ1n) is 7.78. The van der Waals surface area contributed by atoms with Crippen LogP contribution in [0.5, 0.6) is 0 Å². The first-order valence-corrected chi connectivity index (χ1v) is 8.16. The first-order chi connectivity index (χ1) is 10.8. The number of rotatable bonds is 7. The first kappa shape index (κ1) is 19.3. The van der Waals surface area contributed by atoms with Gasteiger partial charge in [0.25, 0.3) is 0 Å². The van der Waals surface area contributed by atoms with Crippen LogP contribution >= 0.6 is 11.6 Å². The number of carboxylic acids is 1. The maximum absolute atomic E-state index is 12.0. The second kappa shape index (κ2) is 8.77. The van der Waals surface area contributed by atoms with Crippen molar-refractivity contribution in [2.75, 3.05) is 13.1 Å². The van der Waals surface area contributed by atoms with Gasteiger partial charge in [0.1, 0.15) is 6.10 Å². The Morgan fingerprint density at radius 3 is 2.39 bits per heavy atom. The van der Waals surface area contributed by atoms with Crippen molar-refractivity contribution >= 4 is 23.7 Å². The molecule has 6 heteroatoms. The summed E-state index contributed by atoms with van der Waals surface area (Å²) in [5.41, 5.74) is 0.875. The summed E-state index contributed by atoms with van der Waals surface area (Å²) in [6.07, 6.45) is -0.147. The van der Waals surface area contributed by atoms with Crippen molar-refractivity contribution in [1.29, 1.82) is 0 Å². The zero-order valence-corrected chi connectivity index (χ0v) is 14.8. The van der Waals surface area contributed by atoms with Gasteiger partial charge in [0.2, 0.25) is 0 Å². The fourth-order valence-electron chi connectivity index (χ4n) is 2.54. The standard InChI is InChI=1S/C17H24ClNO4/c1-5-19(6-2)17(22)23-12(4)9-11(3)15-10-13(18)7-8-14(15)16(20)21/h7-8,10-12H,5-6,9H2,1-4H3,(H,20,21). The van der Waals surface area contributed by atoms with Gasteiger partial charge < -0.3 is 14.7 Å². The Hall–Kier alpha value is -1.75. The molecule has 5 nitrogen and oxygen atoms in total. The molecule has 0 aromatic heterocycles. The lowest BCUT2D eigenvalue weighted by Gasteiger charge is -2.24. The molecular weight excluding hydrogens is 318 g/mol. The predicted octanol–water partition coefficient (Wildman–Crippen LogP) is 4.40. The fraction of sp³-hybridized carbons (Fsp3) is 0.529. The van der Waals surface area contributed by atoms with E-state index in [1.165, 1.54) is 6.07 Å². The van der Waals surface area contributed by atoms with Crippen LogP contribution in [0.25, 0.3) is 0 Å². The van der Waals surface area contributed by atoms with Gasteiger partial charge in [-0.05, 0) is 56.9 Å². The second-order valence-corrected chi connectivity index (χ2v) is 5.98. The fourth-order valence-corrected chi connectivity index (χ4v) is 2.72. The monoisotopic (exact) mass is 341 g/mol. The minimum Gasteiger partial charge on any atom is -0.478 e. The number of halogens is 1. The van der Waals surface area contributed by atoms with E-state index in [-0.39, 0.29) is 23.7 Å². The van der Waals surface area contributed by atoms with Gasteiger partial charge in [0.05, 0.1) is 5.56 Å². The third-order valence-electron chi connectivity index (χ3n) is 3.78. The number of carboxylic acid groups (broad SMARTS) is 1. The molecule has 23 heavy (non-hydrogen) atoms. The van der Waals surface area contributed by atoms with Gasteiger partial charge >= 0.3 is 12.1 Å². The molecule has 0 heterocycles. The summed E-state index contributed by atoms with van der Waals surface area (Å²) in [6.45, 7) is 8.68. The molecular formula is C17H24ClNO4. The average Bonchev–Trinajstić information content (AvgIpc) is 2.47. The summed E-state index contributed by atoms with van der Waals surface area (Å²) in [4.78, 5) is 24.9. The highest BCUT2D eigenvalue weighted by atomic mass is 35.5. The highest BCUT2D eigenvalue weighted by molar-refractivity contribution is 6.30. The molecule has 1 rings (SSSR count). The van der Waals surface area contributed by atoms with Crippen molar-refractivity contribution in [1.82, 2.24) is 4.90 Å². The van der Waals surface area contributed by atoms with E-state index < -0.39 is 5.97 Å². The Labute approximate surface area is 142 Å². The van der Waals surface area contributed by atoms with Crippen molar-refractivity contribution in [2.45, 2.75) is 46.1 Å². The van der Waals surface area contributed by atoms with Gasteiger partial charge in [-0.1, -0.05) is 18.5 Å². The lowest BCUT2D eigenvalue weighted by molar-refractivity contribution is 0.0652. The molecule has 0 fully saturated rings. The molecule has 0 spiro atoms. The van der Waals surface area contributed by atoms with Crippen LogP contribution < -0.4 is 0 Å². The van der Waals surface area contributed by atoms with E-state index >= 15 is 0 Å². The second-order valence-electron chi connectivity index (χ2n) is 5.54. The molecule has 1 aromatic rings. The largest absolute Gasteiger partial charge is 0.478 e. The average molecular weight is 342 g/mol. The number of benzene rings is 1. The van der Waals surface area contributed by atoms with Gasteiger partial charge in [0.15, 0.2) is 0 Å². The number of amides is 1. The molecule has 2 atom stereocenters. The smallest absolute Gasteiger partial charge is 0.409 e. The molecule has 0 aliphatic heterocycles. The molecule has 0 radical (unpaired) electrons. The number of hydrogen-bond donors (Lipinski definition) is 1. The van der Waals surface area contributed by atoms with Crippen molar-refractivity contribution in [3.05, 3.63) is 34.3 Å². The summed E-state index contributed by atoms with van der Waals surface area (Å²) in [5.74, 6) is -1.09. The Morgan fingerprint density at radius 1 is 1.26 bits per heavy atom. The van der Waals surface area contributed by atoms with E-state index in [1.807, 2.05) is 27.7 Å². The topological polar surface area (TPSA) is 66.8 Å². The predicted molar refractivity (Wildman–Crippen MR) is 90.3 cm³/mol. The van der Waals surface area contributed by atoms with Crippen LogP contribution in [0.3, 0.4) is 0 Å². The van der Waals surface area contributed by atoms with Gasteiger partial charge in [-0.15, -0.1) is 0 Å². The van der Waals surface area contributed by atoms with Crippen LogP contribution in [-0.4, -0.2) is 41.3 Å². The van der Waals surface area contributed by atoms with E-state index in [1.54, 1.807) is 17.0 Å². The highest BCUT2D eigenvalue weighted by Crippen LogP contribution is 2.28. The van der Waals surface area contributed by atoms with Crippen molar-refractivity contribution in [3.63, 3.8) is 0 Å². The Kier molecular flexibility index (Phi) is 7.36. The minimum absolute atomic E-state index is 0.0979. The van der Waals surface area contributed by atoms with E-state index in [2.05, 4.69) is 0 Å². The number of hydrogen-bond acceptors (Lipinski definition) is 3. The number of nitrogens with zero attached hydrogens (tertiary/aromatic N) is 1. The van der Waals surface area contributed by atoms with Gasteiger partial charge in [-0.2, -0.15) is 0 Å². The zero-order valence-electron chi connectivity index (χ0n) is 14.0. The Bertz CT molecular complexity index is 558. The van der Waals surface area contributed by atoms with E-state index in [4.69, 9.17) is 16.3 Å². The molecule has 2 unspecified atom stereocenters. The SMILES string of the molecule is CCN(CC)C(=O)OC(C)CC(C)c1cc(Cl)ccc1C(=O)O. The van der Waals surface area contributed by atoms with Crippen LogP contribution in [0, 0.1) is 0 Å². The molecule has 0 bridgehead atoms. The quantitative estimate of drug-likeness (QED) is 0.798. The van der Waals surface area contributed by atoms with E-state index in [0.717, 1.165) is 0 Å². The maximum Gasteiger partial charge on any atom is 0.409 e. The van der Waals surface area contributed by atoms with Crippen LogP contribution in [0.15, 0.2) is 18.2 Å². The maximum atomic E-state index is 12.0. The lowest BCUT2D eigenvalue weighted by atomic mass is 9.91. The minimum atomic E-state index is -0.990. The van der Waals surface area contributed by atoms with Gasteiger partial charge in [-0.3, -0.25) is 0 Å². The van der Waals surface area contributed by atoms with Crippen LogP contribution in [0.1, 0.15) is 56.0 Å². The summed E-state index contributed by atoms with van der Waals surface area (Å²) in [5, 5.41) is 9.78. The number of carbonyl (C=O) groups is 2. The lowest BCUT2D eigenvalue weighted by Crippen LogP contribution is -2.33. The third kappa shape index (κ3) is 5.43. The van der Waals surface area contributed by atoms with Crippen LogP contribution in [-0.2, 0) is 4.74 Å². The van der Waals surface area contributed by atoms with E-state index in [9.17, 15) is 14.7 Å². The molecule has 0 aliphatic rings. The van der Waals surface area contributed by atoms with Gasteiger partial charge in [-0.25, -0.2) is 9.59 Å². The normalized spacial score (nSPS) is 13.3. The molecule has 0 aliphatic carbocycles. The number of ether oxygens (including phenoxy) is 1. The Balaban J connectivity index is 2.79. The van der Waals surface area contributed by atoms with Crippen molar-refractivity contribution < 1.29 is 19.4 Å².